The standard InChI is InChI=1S/C6H12N2/c1-4-6(5-2)8-7-3/h4H,5H2,1-3H3/b6-4-,8-7-. The van der Waals surface area contributed by atoms with Gasteiger partial charge in [-0.2, -0.15) is 10.2 Å². The Kier molecular flexibility index (Phi) is 4.13. The molecule has 0 saturated carbocycles. The van der Waals surface area contributed by atoms with Crippen molar-refractivity contribution in [2.45, 2.75) is 20.3 Å². The highest BCUT2D eigenvalue weighted by Crippen LogP contribution is 2.00. The van der Waals surface area contributed by atoms with Crippen LogP contribution < -0.4 is 0 Å². The molecule has 46 valence electrons. The topological polar surface area (TPSA) is 24.7 Å². The van der Waals surface area contributed by atoms with Gasteiger partial charge in [0.1, 0.15) is 0 Å². The van der Waals surface area contributed by atoms with E-state index in [-0.39, 0.29) is 0 Å². The third-order valence-corrected chi connectivity index (χ3v) is 0.924. The van der Waals surface area contributed by atoms with E-state index in [1.807, 2.05) is 13.0 Å². The second kappa shape index (κ2) is 4.50. The van der Waals surface area contributed by atoms with Crippen LogP contribution in [0.3, 0.4) is 0 Å². The van der Waals surface area contributed by atoms with E-state index < -0.39 is 0 Å². The third-order valence-electron chi connectivity index (χ3n) is 0.924. The molecule has 0 bridgehead atoms. The molecule has 0 saturated heterocycles. The largest absolute Gasteiger partial charge is 0.192 e. The summed E-state index contributed by atoms with van der Waals surface area (Å²) >= 11 is 0. The monoisotopic (exact) mass is 112 g/mol. The van der Waals surface area contributed by atoms with Gasteiger partial charge in [-0.25, -0.2) is 0 Å². The zero-order valence-electron chi connectivity index (χ0n) is 5.68. The van der Waals surface area contributed by atoms with E-state index >= 15 is 0 Å². The van der Waals surface area contributed by atoms with Gasteiger partial charge in [0.2, 0.25) is 0 Å². The van der Waals surface area contributed by atoms with Crippen molar-refractivity contribution < 1.29 is 0 Å². The van der Waals surface area contributed by atoms with Gasteiger partial charge in [0.15, 0.2) is 0 Å². The van der Waals surface area contributed by atoms with E-state index in [4.69, 9.17) is 0 Å². The molecule has 0 unspecified atom stereocenters. The van der Waals surface area contributed by atoms with Crippen molar-refractivity contribution in [3.8, 4) is 0 Å². The second-order valence-electron chi connectivity index (χ2n) is 1.43. The van der Waals surface area contributed by atoms with Crippen molar-refractivity contribution in [1.82, 2.24) is 0 Å². The summed E-state index contributed by atoms with van der Waals surface area (Å²) < 4.78 is 0. The number of hydrogen-bond donors (Lipinski definition) is 0. The Morgan fingerprint density at radius 3 is 2.38 bits per heavy atom. The summed E-state index contributed by atoms with van der Waals surface area (Å²) in [6, 6.07) is 0. The summed E-state index contributed by atoms with van der Waals surface area (Å²) in [5, 5.41) is 7.48. The Balaban J connectivity index is 3.72. The minimum absolute atomic E-state index is 0.966. The van der Waals surface area contributed by atoms with Crippen molar-refractivity contribution in [2.75, 3.05) is 7.05 Å². The molecule has 0 aliphatic rings. The number of rotatable bonds is 2. The smallest absolute Gasteiger partial charge is 0.0580 e. The van der Waals surface area contributed by atoms with E-state index in [9.17, 15) is 0 Å². The Bertz CT molecular complexity index is 100. The summed E-state index contributed by atoms with van der Waals surface area (Å²) in [6.07, 6.45) is 2.93. The summed E-state index contributed by atoms with van der Waals surface area (Å²) in [7, 11) is 1.68. The van der Waals surface area contributed by atoms with Crippen LogP contribution in [-0.2, 0) is 0 Å². The molecule has 2 nitrogen and oxygen atoms in total. The Morgan fingerprint density at radius 1 is 1.62 bits per heavy atom. The van der Waals surface area contributed by atoms with E-state index in [1.165, 1.54) is 0 Å². The average molecular weight is 112 g/mol. The first-order valence-electron chi connectivity index (χ1n) is 2.80. The lowest BCUT2D eigenvalue weighted by Gasteiger charge is -1.88. The Morgan fingerprint density at radius 2 is 2.25 bits per heavy atom. The molecule has 0 amide bonds. The number of allylic oxidation sites excluding steroid dienone is 2. The molecule has 0 aromatic carbocycles. The molecular weight excluding hydrogens is 100 g/mol. The highest BCUT2D eigenvalue weighted by molar-refractivity contribution is 4.94. The predicted octanol–water partition coefficient (Wildman–Crippen LogP) is 2.38. The predicted molar refractivity (Wildman–Crippen MR) is 34.8 cm³/mol. The zero-order chi connectivity index (χ0) is 6.41. The summed E-state index contributed by atoms with van der Waals surface area (Å²) in [4.78, 5) is 0. The van der Waals surface area contributed by atoms with Gasteiger partial charge in [0.05, 0.1) is 5.70 Å². The number of azo groups is 1. The molecule has 0 N–H and O–H groups in total. The lowest BCUT2D eigenvalue weighted by atomic mass is 10.3. The SMILES string of the molecule is C/C=C(CC)\N=N/C. The highest BCUT2D eigenvalue weighted by atomic mass is 15.1. The molecule has 0 radical (unpaired) electrons. The molecule has 0 atom stereocenters. The maximum absolute atomic E-state index is 3.85. The molecule has 0 spiro atoms. The fourth-order valence-electron chi connectivity index (χ4n) is 0.461. The molecule has 2 heteroatoms. The van der Waals surface area contributed by atoms with Crippen molar-refractivity contribution >= 4 is 0 Å². The summed E-state index contributed by atoms with van der Waals surface area (Å²) in [6.45, 7) is 4.03. The van der Waals surface area contributed by atoms with Crippen molar-refractivity contribution in [1.29, 1.82) is 0 Å². The first-order chi connectivity index (χ1) is 3.85. The molecule has 0 aromatic heterocycles. The minimum Gasteiger partial charge on any atom is -0.192 e. The van der Waals surface area contributed by atoms with Gasteiger partial charge in [-0.15, -0.1) is 0 Å². The molecule has 0 aromatic rings. The van der Waals surface area contributed by atoms with Crippen molar-refractivity contribution in [3.05, 3.63) is 11.8 Å². The lowest BCUT2D eigenvalue weighted by molar-refractivity contribution is 0.977. The van der Waals surface area contributed by atoms with E-state index in [1.54, 1.807) is 7.05 Å². The van der Waals surface area contributed by atoms with E-state index in [0.717, 1.165) is 12.1 Å². The first kappa shape index (κ1) is 7.34. The van der Waals surface area contributed by atoms with E-state index in [2.05, 4.69) is 17.2 Å². The van der Waals surface area contributed by atoms with Crippen LogP contribution in [0.15, 0.2) is 22.0 Å². The van der Waals surface area contributed by atoms with Crippen LogP contribution in [0.5, 0.6) is 0 Å². The molecule has 0 fully saturated rings. The second-order valence-corrected chi connectivity index (χ2v) is 1.43. The van der Waals surface area contributed by atoms with Gasteiger partial charge in [0, 0.05) is 7.05 Å². The highest BCUT2D eigenvalue weighted by Gasteiger charge is 1.82. The van der Waals surface area contributed by atoms with Gasteiger partial charge in [-0.3, -0.25) is 0 Å². The molecule has 0 heterocycles. The van der Waals surface area contributed by atoms with Crippen LogP contribution in [0.2, 0.25) is 0 Å². The van der Waals surface area contributed by atoms with Crippen molar-refractivity contribution in [2.24, 2.45) is 10.2 Å². The molecule has 8 heavy (non-hydrogen) atoms. The third kappa shape index (κ3) is 2.50. The first-order valence-corrected chi connectivity index (χ1v) is 2.80. The van der Waals surface area contributed by atoms with Crippen LogP contribution in [-0.4, -0.2) is 7.05 Å². The zero-order valence-corrected chi connectivity index (χ0v) is 5.68. The maximum atomic E-state index is 3.85. The number of nitrogens with zero attached hydrogens (tertiary/aromatic N) is 2. The lowest BCUT2D eigenvalue weighted by Crippen LogP contribution is -1.69. The normalized spacial score (nSPS) is 13.1. The van der Waals surface area contributed by atoms with Gasteiger partial charge in [0.25, 0.3) is 0 Å². The molecule has 0 aliphatic heterocycles. The summed E-state index contributed by atoms with van der Waals surface area (Å²) in [5.41, 5.74) is 1.05. The molecular formula is C6H12N2. The fraction of sp³-hybridized carbons (Fsp3) is 0.667. The van der Waals surface area contributed by atoms with Crippen LogP contribution in [0.4, 0.5) is 0 Å². The van der Waals surface area contributed by atoms with Crippen LogP contribution in [0, 0.1) is 0 Å². The average Bonchev–Trinajstić information content (AvgIpc) is 1.83. The van der Waals surface area contributed by atoms with Gasteiger partial charge in [-0.05, 0) is 13.3 Å². The fourth-order valence-corrected chi connectivity index (χ4v) is 0.461. The van der Waals surface area contributed by atoms with Crippen LogP contribution in [0.25, 0.3) is 0 Å². The number of hydrogen-bond acceptors (Lipinski definition) is 2. The quantitative estimate of drug-likeness (QED) is 0.490. The van der Waals surface area contributed by atoms with Gasteiger partial charge in [-0.1, -0.05) is 13.0 Å². The van der Waals surface area contributed by atoms with Gasteiger partial charge < -0.3 is 0 Å². The summed E-state index contributed by atoms with van der Waals surface area (Å²) in [5.74, 6) is 0. The Hall–Kier alpha value is -0.660. The van der Waals surface area contributed by atoms with Crippen molar-refractivity contribution in [3.63, 3.8) is 0 Å². The Labute approximate surface area is 50.3 Å². The maximum Gasteiger partial charge on any atom is 0.0580 e. The van der Waals surface area contributed by atoms with Gasteiger partial charge >= 0.3 is 0 Å². The van der Waals surface area contributed by atoms with Crippen LogP contribution >= 0.6 is 0 Å². The minimum atomic E-state index is 0.966. The molecule has 0 rings (SSSR count). The van der Waals surface area contributed by atoms with Crippen LogP contribution in [0.1, 0.15) is 20.3 Å². The molecule has 0 aliphatic carbocycles. The van der Waals surface area contributed by atoms with E-state index in [0.29, 0.717) is 0 Å².